The first kappa shape index (κ1) is 15.9. The summed E-state index contributed by atoms with van der Waals surface area (Å²) in [4.78, 5) is 20.5. The van der Waals surface area contributed by atoms with Gasteiger partial charge in [-0.2, -0.15) is 10.4 Å². The lowest BCUT2D eigenvalue weighted by Crippen LogP contribution is -2.10. The van der Waals surface area contributed by atoms with E-state index in [-0.39, 0.29) is 18.7 Å². The maximum absolute atomic E-state index is 11.8. The molecule has 0 saturated carbocycles. The Morgan fingerprint density at radius 2 is 2.33 bits per heavy atom. The zero-order valence-corrected chi connectivity index (χ0v) is 13.9. The minimum absolute atomic E-state index is 0.136. The number of nitrogens with zero attached hydrogens (tertiary/aromatic N) is 5. The zero-order valence-electron chi connectivity index (χ0n) is 13.1. The highest BCUT2D eigenvalue weighted by Crippen LogP contribution is 2.38. The molecule has 0 atom stereocenters. The summed E-state index contributed by atoms with van der Waals surface area (Å²) >= 11 is 1.34. The third-order valence-electron chi connectivity index (χ3n) is 3.30. The number of methoxy groups -OCH3 is 1. The lowest BCUT2D eigenvalue weighted by molar-refractivity contribution is -0.116. The zero-order chi connectivity index (χ0) is 17.1. The van der Waals surface area contributed by atoms with Crippen LogP contribution in [0.15, 0.2) is 18.6 Å². The minimum atomic E-state index is -0.245. The van der Waals surface area contributed by atoms with Gasteiger partial charge in [-0.05, 0) is 0 Å². The Labute approximate surface area is 141 Å². The molecular weight excluding hydrogens is 328 g/mol. The van der Waals surface area contributed by atoms with Crippen LogP contribution in [0.1, 0.15) is 12.8 Å². The molecule has 3 heterocycles. The van der Waals surface area contributed by atoms with E-state index in [1.165, 1.54) is 18.4 Å². The number of ether oxygens (including phenoxy) is 1. The fourth-order valence-electron chi connectivity index (χ4n) is 2.21. The molecule has 122 valence electrons. The van der Waals surface area contributed by atoms with Crippen molar-refractivity contribution in [1.82, 2.24) is 19.7 Å². The molecule has 9 heteroatoms. The van der Waals surface area contributed by atoms with Gasteiger partial charge in [0.05, 0.1) is 24.1 Å². The fraction of sp³-hybridized carbons (Fsp3) is 0.267. The summed E-state index contributed by atoms with van der Waals surface area (Å²) in [5.41, 5.74) is 2.36. The Morgan fingerprint density at radius 3 is 3.00 bits per heavy atom. The molecule has 0 unspecified atom stereocenters. The fourth-order valence-corrected chi connectivity index (χ4v) is 3.22. The summed E-state index contributed by atoms with van der Waals surface area (Å²) in [6.07, 6.45) is 5.64. The van der Waals surface area contributed by atoms with E-state index < -0.39 is 0 Å². The number of nitrogens with one attached hydrogen (secondary N) is 1. The molecule has 0 spiro atoms. The topological polar surface area (TPSA) is 106 Å². The number of anilines is 1. The van der Waals surface area contributed by atoms with Crippen molar-refractivity contribution in [2.24, 2.45) is 7.05 Å². The van der Waals surface area contributed by atoms with Crippen molar-refractivity contribution in [1.29, 1.82) is 5.26 Å². The summed E-state index contributed by atoms with van der Waals surface area (Å²) in [7, 11) is 3.36. The van der Waals surface area contributed by atoms with Gasteiger partial charge >= 0.3 is 0 Å². The molecule has 1 N–H and O–H groups in total. The minimum Gasteiger partial charge on any atom is -0.479 e. The van der Waals surface area contributed by atoms with Gasteiger partial charge in [0.25, 0.3) is 0 Å². The number of pyridine rings is 1. The van der Waals surface area contributed by atoms with Gasteiger partial charge in [-0.1, -0.05) is 11.3 Å². The van der Waals surface area contributed by atoms with Gasteiger partial charge in [-0.15, -0.1) is 0 Å². The van der Waals surface area contributed by atoms with Gasteiger partial charge in [0.15, 0.2) is 5.13 Å². The number of amides is 1. The monoisotopic (exact) mass is 342 g/mol. The molecular formula is C15H14N6O2S. The Morgan fingerprint density at radius 1 is 1.50 bits per heavy atom. The highest BCUT2D eigenvalue weighted by Gasteiger charge is 2.17. The number of carbonyl (C=O) groups excluding carboxylic acids is 1. The first-order valence-electron chi connectivity index (χ1n) is 7.11. The van der Waals surface area contributed by atoms with Crippen molar-refractivity contribution in [2.45, 2.75) is 12.8 Å². The van der Waals surface area contributed by atoms with Crippen LogP contribution < -0.4 is 10.1 Å². The van der Waals surface area contributed by atoms with Crippen LogP contribution in [0.5, 0.6) is 5.88 Å². The predicted molar refractivity (Wildman–Crippen MR) is 89.6 cm³/mol. The number of fused-ring (bicyclic) bond motifs is 1. The van der Waals surface area contributed by atoms with Crippen molar-refractivity contribution >= 4 is 32.6 Å². The van der Waals surface area contributed by atoms with Crippen molar-refractivity contribution in [3.05, 3.63) is 18.6 Å². The number of nitriles is 1. The molecule has 0 aliphatic carbocycles. The number of hydrogen-bond donors (Lipinski definition) is 1. The number of aromatic nitrogens is 4. The van der Waals surface area contributed by atoms with Crippen molar-refractivity contribution in [3.8, 4) is 23.1 Å². The molecule has 3 aromatic rings. The highest BCUT2D eigenvalue weighted by atomic mass is 32.1. The van der Waals surface area contributed by atoms with Gasteiger partial charge in [0.1, 0.15) is 5.52 Å². The van der Waals surface area contributed by atoms with Crippen molar-refractivity contribution in [3.63, 3.8) is 0 Å². The quantitative estimate of drug-likeness (QED) is 0.763. The van der Waals surface area contributed by atoms with Crippen LogP contribution in [-0.2, 0) is 11.8 Å². The molecule has 0 aliphatic heterocycles. The second kappa shape index (κ2) is 6.64. The predicted octanol–water partition coefficient (Wildman–Crippen LogP) is 2.34. The SMILES string of the molecule is COc1ncc(-c2cnn(C)c2)c2sc(NC(=O)CCC#N)nc12. The maximum Gasteiger partial charge on any atom is 0.241 e. The third kappa shape index (κ3) is 3.04. The van der Waals surface area contributed by atoms with E-state index in [1.54, 1.807) is 17.1 Å². The van der Waals surface area contributed by atoms with Gasteiger partial charge in [0.2, 0.25) is 11.8 Å². The maximum atomic E-state index is 11.8. The molecule has 0 radical (unpaired) electrons. The van der Waals surface area contributed by atoms with E-state index in [2.05, 4.69) is 20.4 Å². The summed E-state index contributed by atoms with van der Waals surface area (Å²) in [5.74, 6) is 0.150. The second-order valence-electron chi connectivity index (χ2n) is 4.99. The van der Waals surface area contributed by atoms with Crippen LogP contribution in [0, 0.1) is 11.3 Å². The van der Waals surface area contributed by atoms with E-state index >= 15 is 0 Å². The van der Waals surface area contributed by atoms with E-state index in [9.17, 15) is 4.79 Å². The Balaban J connectivity index is 2.02. The molecule has 1 amide bonds. The van der Waals surface area contributed by atoms with Crippen LogP contribution in [0.25, 0.3) is 21.3 Å². The van der Waals surface area contributed by atoms with Crippen LogP contribution in [0.4, 0.5) is 5.13 Å². The molecule has 3 aromatic heterocycles. The van der Waals surface area contributed by atoms with E-state index in [4.69, 9.17) is 10.00 Å². The van der Waals surface area contributed by atoms with Gasteiger partial charge in [0, 0.05) is 43.4 Å². The van der Waals surface area contributed by atoms with Crippen LogP contribution in [-0.4, -0.2) is 32.8 Å². The first-order chi connectivity index (χ1) is 11.6. The molecule has 24 heavy (non-hydrogen) atoms. The number of rotatable bonds is 5. The van der Waals surface area contributed by atoms with Crippen LogP contribution >= 0.6 is 11.3 Å². The van der Waals surface area contributed by atoms with Crippen LogP contribution in [0.2, 0.25) is 0 Å². The number of aryl methyl sites for hydroxylation is 1. The van der Waals surface area contributed by atoms with E-state index in [1.807, 2.05) is 19.3 Å². The Kier molecular flexibility index (Phi) is 4.39. The second-order valence-corrected chi connectivity index (χ2v) is 5.99. The average molecular weight is 342 g/mol. The van der Waals surface area contributed by atoms with E-state index in [0.717, 1.165) is 15.8 Å². The lowest BCUT2D eigenvalue weighted by atomic mass is 10.1. The number of hydrogen-bond acceptors (Lipinski definition) is 7. The van der Waals surface area contributed by atoms with Gasteiger partial charge in [-0.3, -0.25) is 9.48 Å². The largest absolute Gasteiger partial charge is 0.479 e. The smallest absolute Gasteiger partial charge is 0.241 e. The van der Waals surface area contributed by atoms with Crippen molar-refractivity contribution in [2.75, 3.05) is 12.4 Å². The summed E-state index contributed by atoms with van der Waals surface area (Å²) < 4.78 is 7.82. The number of carbonyl (C=O) groups is 1. The average Bonchev–Trinajstić information content (AvgIpc) is 3.18. The van der Waals surface area contributed by atoms with Gasteiger partial charge in [-0.25, -0.2) is 9.97 Å². The lowest BCUT2D eigenvalue weighted by Gasteiger charge is -2.02. The van der Waals surface area contributed by atoms with E-state index in [0.29, 0.717) is 16.5 Å². The molecule has 0 fully saturated rings. The molecule has 0 aromatic carbocycles. The summed E-state index contributed by atoms with van der Waals surface area (Å²) in [5, 5.41) is 15.9. The molecule has 0 aliphatic rings. The first-order valence-corrected chi connectivity index (χ1v) is 7.93. The van der Waals surface area contributed by atoms with Crippen molar-refractivity contribution < 1.29 is 9.53 Å². The summed E-state index contributed by atoms with van der Waals surface area (Å²) in [6, 6.07) is 1.95. The highest BCUT2D eigenvalue weighted by molar-refractivity contribution is 7.23. The Hall–Kier alpha value is -2.99. The van der Waals surface area contributed by atoms with Gasteiger partial charge < -0.3 is 10.1 Å². The molecule has 0 saturated heterocycles. The third-order valence-corrected chi connectivity index (χ3v) is 4.31. The normalized spacial score (nSPS) is 10.5. The standard InChI is InChI=1S/C15H14N6O2S/c1-21-8-9(6-18-21)10-7-17-14(23-2)12-13(10)24-15(20-12)19-11(22)4-3-5-16/h6-8H,3-4H2,1-2H3,(H,19,20,22). The summed E-state index contributed by atoms with van der Waals surface area (Å²) in [6.45, 7) is 0. The molecule has 0 bridgehead atoms. The molecule has 8 nitrogen and oxygen atoms in total. The Bertz CT molecular complexity index is 939. The van der Waals surface area contributed by atoms with Crippen LogP contribution in [0.3, 0.4) is 0 Å². The number of thiazole rings is 1. The molecule has 3 rings (SSSR count).